The van der Waals surface area contributed by atoms with Crippen LogP contribution in [0.15, 0.2) is 72.2 Å². The van der Waals surface area contributed by atoms with Crippen molar-refractivity contribution in [3.63, 3.8) is 0 Å². The third-order valence-corrected chi connectivity index (χ3v) is 9.13. The molecule has 0 amide bonds. The van der Waals surface area contributed by atoms with Crippen LogP contribution < -0.4 is 19.9 Å². The Kier molecular flexibility index (Phi) is 9.93. The van der Waals surface area contributed by atoms with E-state index in [-0.39, 0.29) is 23.8 Å². The highest BCUT2D eigenvalue weighted by Gasteiger charge is 2.52. The number of benzene rings is 2. The summed E-state index contributed by atoms with van der Waals surface area (Å²) in [6.45, 7) is 4.62. The predicted molar refractivity (Wildman–Crippen MR) is 166 cm³/mol. The summed E-state index contributed by atoms with van der Waals surface area (Å²) in [5.41, 5.74) is -0.790. The van der Waals surface area contributed by atoms with E-state index < -0.39 is 34.2 Å². The summed E-state index contributed by atoms with van der Waals surface area (Å²) < 4.78 is 19.1. The van der Waals surface area contributed by atoms with Gasteiger partial charge in [-0.05, 0) is 44.4 Å². The van der Waals surface area contributed by atoms with E-state index >= 15 is 0 Å². The molecule has 5 rings (SSSR count). The van der Waals surface area contributed by atoms with E-state index in [9.17, 15) is 24.8 Å². The van der Waals surface area contributed by atoms with Gasteiger partial charge in [-0.25, -0.2) is 9.78 Å². The van der Waals surface area contributed by atoms with Crippen LogP contribution in [-0.2, 0) is 27.3 Å². The topological polar surface area (TPSA) is 158 Å². The molecule has 2 aromatic carbocycles. The van der Waals surface area contributed by atoms with Crippen molar-refractivity contribution >= 4 is 17.6 Å². The number of esters is 1. The van der Waals surface area contributed by atoms with E-state index in [1.165, 1.54) is 25.3 Å². The zero-order valence-electron chi connectivity index (χ0n) is 26.3. The van der Waals surface area contributed by atoms with E-state index in [4.69, 9.17) is 14.2 Å². The van der Waals surface area contributed by atoms with Crippen molar-refractivity contribution in [3.8, 4) is 11.5 Å². The van der Waals surface area contributed by atoms with E-state index in [1.54, 1.807) is 26.1 Å². The quantitative estimate of drug-likeness (QED) is 0.126. The Bertz CT molecular complexity index is 1620. The van der Waals surface area contributed by atoms with Gasteiger partial charge >= 0.3 is 5.97 Å². The van der Waals surface area contributed by atoms with Gasteiger partial charge in [0.05, 0.1) is 23.6 Å². The lowest BCUT2D eigenvalue weighted by Gasteiger charge is -2.51. The van der Waals surface area contributed by atoms with E-state index in [1.807, 2.05) is 30.5 Å². The van der Waals surface area contributed by atoms with Gasteiger partial charge in [0.1, 0.15) is 18.5 Å². The molecule has 4 unspecified atom stereocenters. The average Bonchev–Trinajstić information content (AvgIpc) is 3.49. The number of hydrogen-bond donors (Lipinski definition) is 1. The number of nitrogens with one attached hydrogen (secondary N) is 1. The molecule has 1 N–H and O–H groups in total. The number of nitro benzene ring substituents is 1. The van der Waals surface area contributed by atoms with Gasteiger partial charge in [-0.3, -0.25) is 10.1 Å². The molecule has 244 valence electrons. The first-order valence-electron chi connectivity index (χ1n) is 15.6. The number of fused-ring (bicyclic) bond motifs is 1. The summed E-state index contributed by atoms with van der Waals surface area (Å²) in [4.78, 5) is 41.7. The van der Waals surface area contributed by atoms with Crippen molar-refractivity contribution in [2.24, 2.45) is 5.41 Å². The SMILES string of the molecule is COC(=O)C1=C(C)NC(C)C(CCCCCCn2ccnc2CC2COc3ccccc3O2)(C(=O)[O-])C1c1cccc([N+](=O)[O-])c1. The van der Waals surface area contributed by atoms with Crippen LogP contribution in [0.3, 0.4) is 0 Å². The maximum Gasteiger partial charge on any atom is 0.336 e. The van der Waals surface area contributed by atoms with Crippen molar-refractivity contribution in [3.05, 3.63) is 93.7 Å². The highest BCUT2D eigenvalue weighted by Crippen LogP contribution is 2.51. The number of hydrogen-bond acceptors (Lipinski definition) is 10. The maximum atomic E-state index is 13.1. The number of aromatic nitrogens is 2. The third kappa shape index (κ3) is 6.56. The lowest BCUT2D eigenvalue weighted by Crippen LogP contribution is -2.60. The Morgan fingerprint density at radius 3 is 2.63 bits per heavy atom. The highest BCUT2D eigenvalue weighted by atomic mass is 16.6. The van der Waals surface area contributed by atoms with E-state index in [2.05, 4.69) is 14.9 Å². The molecule has 0 radical (unpaired) electrons. The fourth-order valence-electron chi connectivity index (χ4n) is 6.83. The second kappa shape index (κ2) is 14.1. The largest absolute Gasteiger partial charge is 0.549 e. The molecular formula is C34H39N4O8-. The summed E-state index contributed by atoms with van der Waals surface area (Å²) in [6, 6.07) is 12.8. The van der Waals surface area contributed by atoms with Crippen molar-refractivity contribution in [1.29, 1.82) is 0 Å². The molecule has 3 heterocycles. The van der Waals surface area contributed by atoms with Gasteiger partial charge in [0.2, 0.25) is 0 Å². The molecule has 4 atom stereocenters. The minimum Gasteiger partial charge on any atom is -0.549 e. The van der Waals surface area contributed by atoms with Crippen LogP contribution in [0.25, 0.3) is 0 Å². The van der Waals surface area contributed by atoms with E-state index in [0.29, 0.717) is 30.7 Å². The molecule has 0 fully saturated rings. The van der Waals surface area contributed by atoms with Crippen molar-refractivity contribution < 1.29 is 33.8 Å². The first kappa shape index (κ1) is 32.5. The standard InChI is InChI=1S/C34H40N4O8/c1-22-30(32(39)44-3)31(24-11-10-12-25(19-24)38(42)43)34(33(40)41,23(2)36-22)15-8-4-5-9-17-37-18-16-35-29(37)20-26-21-45-27-13-6-7-14-28(27)46-26/h6-7,10-14,16,18-19,23,26,31,36H,4-5,8-9,15,17,20-21H2,1-3H3,(H,40,41)/p-1. The van der Waals surface area contributed by atoms with Gasteiger partial charge < -0.3 is 34.0 Å². The van der Waals surface area contributed by atoms with Crippen LogP contribution in [0, 0.1) is 15.5 Å². The Labute approximate surface area is 267 Å². The van der Waals surface area contributed by atoms with Gasteiger partial charge in [0.25, 0.3) is 5.69 Å². The molecule has 12 heteroatoms. The minimum atomic E-state index is -1.56. The molecular weight excluding hydrogens is 592 g/mol. The lowest BCUT2D eigenvalue weighted by atomic mass is 9.60. The fourth-order valence-corrected chi connectivity index (χ4v) is 6.83. The van der Waals surface area contributed by atoms with Crippen molar-refractivity contribution in [2.45, 2.75) is 77.0 Å². The number of para-hydroxylation sites is 2. The molecule has 46 heavy (non-hydrogen) atoms. The van der Waals surface area contributed by atoms with Gasteiger partial charge in [0, 0.05) is 60.6 Å². The van der Waals surface area contributed by atoms with Crippen LogP contribution in [-0.4, -0.2) is 52.3 Å². The normalized spacial score (nSPS) is 22.2. The molecule has 2 aliphatic rings. The van der Waals surface area contributed by atoms with Crippen LogP contribution in [0.1, 0.15) is 63.3 Å². The number of carboxylic acids is 1. The third-order valence-electron chi connectivity index (χ3n) is 9.13. The van der Waals surface area contributed by atoms with Crippen LogP contribution >= 0.6 is 0 Å². The summed E-state index contributed by atoms with van der Waals surface area (Å²) in [6.07, 6.45) is 7.34. The summed E-state index contributed by atoms with van der Waals surface area (Å²) >= 11 is 0. The molecule has 0 aliphatic carbocycles. The van der Waals surface area contributed by atoms with Gasteiger partial charge in [-0.1, -0.05) is 43.5 Å². The number of carbonyl (C=O) groups excluding carboxylic acids is 2. The average molecular weight is 632 g/mol. The number of carboxylic acid groups (broad SMARTS) is 1. The van der Waals surface area contributed by atoms with Gasteiger partial charge in [0.15, 0.2) is 11.5 Å². The minimum absolute atomic E-state index is 0.133. The first-order chi connectivity index (χ1) is 22.1. The number of non-ortho nitro benzene ring substituents is 1. The van der Waals surface area contributed by atoms with E-state index in [0.717, 1.165) is 43.1 Å². The number of carbonyl (C=O) groups is 2. The fraction of sp³-hybridized carbons (Fsp3) is 0.441. The monoisotopic (exact) mass is 631 g/mol. The Hall–Kier alpha value is -4.87. The number of unbranched alkanes of at least 4 members (excludes halogenated alkanes) is 3. The molecule has 0 saturated heterocycles. The second-order valence-electron chi connectivity index (χ2n) is 11.9. The molecule has 3 aromatic rings. The number of aliphatic carboxylic acids is 1. The zero-order chi connectivity index (χ0) is 32.8. The van der Waals surface area contributed by atoms with Crippen molar-refractivity contribution in [2.75, 3.05) is 13.7 Å². The Morgan fingerprint density at radius 2 is 1.89 bits per heavy atom. The number of imidazole rings is 1. The maximum absolute atomic E-state index is 13.1. The lowest BCUT2D eigenvalue weighted by molar-refractivity contribution is -0.385. The Balaban J connectivity index is 1.25. The molecule has 0 spiro atoms. The number of nitro groups is 1. The zero-order valence-corrected chi connectivity index (χ0v) is 26.3. The number of aryl methyl sites for hydroxylation is 1. The molecule has 1 aromatic heterocycles. The van der Waals surface area contributed by atoms with Crippen LogP contribution in [0.2, 0.25) is 0 Å². The number of ether oxygens (including phenoxy) is 3. The summed E-state index contributed by atoms with van der Waals surface area (Å²) in [7, 11) is 1.23. The number of rotatable bonds is 13. The molecule has 0 saturated carbocycles. The van der Waals surface area contributed by atoms with Crippen molar-refractivity contribution in [1.82, 2.24) is 14.9 Å². The smallest absolute Gasteiger partial charge is 0.336 e. The van der Waals surface area contributed by atoms with Gasteiger partial charge in [-0.2, -0.15) is 0 Å². The second-order valence-corrected chi connectivity index (χ2v) is 11.9. The highest BCUT2D eigenvalue weighted by molar-refractivity contribution is 5.94. The summed E-state index contributed by atoms with van der Waals surface area (Å²) in [5.74, 6) is -0.645. The van der Waals surface area contributed by atoms with Gasteiger partial charge in [-0.15, -0.1) is 0 Å². The Morgan fingerprint density at radius 1 is 1.13 bits per heavy atom. The summed E-state index contributed by atoms with van der Waals surface area (Å²) in [5, 5.41) is 27.9. The molecule has 2 aliphatic heterocycles. The predicted octanol–water partition coefficient (Wildman–Crippen LogP) is 4.08. The molecule has 12 nitrogen and oxygen atoms in total. The molecule has 0 bridgehead atoms. The van der Waals surface area contributed by atoms with Crippen LogP contribution in [0.4, 0.5) is 5.69 Å². The number of nitrogens with zero attached hydrogens (tertiary/aromatic N) is 3. The van der Waals surface area contributed by atoms with Crippen LogP contribution in [0.5, 0.6) is 11.5 Å². The first-order valence-corrected chi connectivity index (χ1v) is 15.6. The number of allylic oxidation sites excluding steroid dienone is 1. The number of methoxy groups -OCH3 is 1.